The number of rotatable bonds is 5. The molecule has 0 bridgehead atoms. The van der Waals surface area contributed by atoms with Crippen molar-refractivity contribution in [2.45, 2.75) is 32.1 Å². The summed E-state index contributed by atoms with van der Waals surface area (Å²) in [5, 5.41) is 7.41. The van der Waals surface area contributed by atoms with Gasteiger partial charge in [0.2, 0.25) is 11.8 Å². The Bertz CT molecular complexity index is 686. The topological polar surface area (TPSA) is 71.3 Å². The van der Waals surface area contributed by atoms with Crippen LogP contribution in [0.15, 0.2) is 28.8 Å². The first-order chi connectivity index (χ1) is 11.6. The number of nitrogens with zero attached hydrogens (tertiary/aromatic N) is 3. The van der Waals surface area contributed by atoms with Gasteiger partial charge in [-0.25, -0.2) is 0 Å². The highest BCUT2D eigenvalue weighted by molar-refractivity contribution is 6.30. The molecule has 1 aliphatic heterocycles. The molecule has 1 amide bonds. The van der Waals surface area contributed by atoms with Crippen LogP contribution in [-0.4, -0.2) is 40.6 Å². The number of piperidine rings is 1. The minimum absolute atomic E-state index is 0.00748. The third kappa shape index (κ3) is 4.55. The van der Waals surface area contributed by atoms with Crippen molar-refractivity contribution < 1.29 is 9.32 Å². The summed E-state index contributed by atoms with van der Waals surface area (Å²) in [5.41, 5.74) is 0.766. The van der Waals surface area contributed by atoms with Crippen LogP contribution in [0.4, 0.5) is 5.69 Å². The highest BCUT2D eigenvalue weighted by Crippen LogP contribution is 2.25. The zero-order valence-electron chi connectivity index (χ0n) is 13.7. The number of amides is 1. The minimum atomic E-state index is 0.00748. The highest BCUT2D eigenvalue weighted by Gasteiger charge is 2.25. The van der Waals surface area contributed by atoms with Crippen LogP contribution >= 0.6 is 11.6 Å². The predicted molar refractivity (Wildman–Crippen MR) is 92.1 cm³/mol. The Kier molecular flexibility index (Phi) is 5.48. The van der Waals surface area contributed by atoms with Crippen molar-refractivity contribution in [2.24, 2.45) is 0 Å². The molecule has 0 spiro atoms. The molecule has 1 N–H and O–H groups in total. The summed E-state index contributed by atoms with van der Waals surface area (Å²) in [6.45, 7) is 4.41. The van der Waals surface area contributed by atoms with E-state index in [0.717, 1.165) is 38.2 Å². The van der Waals surface area contributed by atoms with E-state index in [-0.39, 0.29) is 11.8 Å². The number of carbonyl (C=O) groups excluding carboxylic acids is 1. The molecule has 0 unspecified atom stereocenters. The van der Waals surface area contributed by atoms with E-state index in [1.54, 1.807) is 24.3 Å². The van der Waals surface area contributed by atoms with Gasteiger partial charge in [-0.2, -0.15) is 4.98 Å². The maximum absolute atomic E-state index is 12.1. The zero-order chi connectivity index (χ0) is 16.9. The third-order valence-corrected chi connectivity index (χ3v) is 4.43. The Hall–Kier alpha value is -1.92. The molecule has 2 heterocycles. The monoisotopic (exact) mass is 348 g/mol. The van der Waals surface area contributed by atoms with E-state index < -0.39 is 0 Å². The highest BCUT2D eigenvalue weighted by atomic mass is 35.5. The summed E-state index contributed by atoms with van der Waals surface area (Å²) < 4.78 is 5.29. The van der Waals surface area contributed by atoms with Crippen molar-refractivity contribution in [3.63, 3.8) is 0 Å². The van der Waals surface area contributed by atoms with Gasteiger partial charge >= 0.3 is 0 Å². The molecule has 1 saturated heterocycles. The molecule has 7 heteroatoms. The Balaban J connectivity index is 1.47. The number of aryl methyl sites for hydroxylation is 1. The van der Waals surface area contributed by atoms with Crippen molar-refractivity contribution >= 4 is 23.2 Å². The molecule has 6 nitrogen and oxygen atoms in total. The fourth-order valence-corrected chi connectivity index (χ4v) is 3.08. The number of hydrogen-bond donors (Lipinski definition) is 1. The Morgan fingerprint density at radius 1 is 1.42 bits per heavy atom. The Morgan fingerprint density at radius 3 is 2.92 bits per heavy atom. The molecule has 0 aliphatic carbocycles. The number of hydrogen-bond acceptors (Lipinski definition) is 5. The van der Waals surface area contributed by atoms with Crippen molar-refractivity contribution in [1.29, 1.82) is 0 Å². The fourth-order valence-electron chi connectivity index (χ4n) is 2.96. The first-order valence-electron chi connectivity index (χ1n) is 8.18. The number of benzene rings is 1. The molecule has 24 heavy (non-hydrogen) atoms. The smallest absolute Gasteiger partial charge is 0.231 e. The van der Waals surface area contributed by atoms with Crippen molar-refractivity contribution in [1.82, 2.24) is 15.0 Å². The van der Waals surface area contributed by atoms with Crippen LogP contribution in [0.3, 0.4) is 0 Å². The molecule has 0 saturated carbocycles. The number of likely N-dealkylation sites (tertiary alicyclic amines) is 1. The molecule has 3 rings (SSSR count). The summed E-state index contributed by atoms with van der Waals surface area (Å²) in [5.74, 6) is 1.65. The van der Waals surface area contributed by atoms with E-state index in [1.807, 2.05) is 6.92 Å². The van der Waals surface area contributed by atoms with Crippen LogP contribution < -0.4 is 5.32 Å². The second kappa shape index (κ2) is 7.77. The van der Waals surface area contributed by atoms with E-state index >= 15 is 0 Å². The van der Waals surface area contributed by atoms with E-state index in [4.69, 9.17) is 16.1 Å². The van der Waals surface area contributed by atoms with Gasteiger partial charge in [0.25, 0.3) is 0 Å². The summed E-state index contributed by atoms with van der Waals surface area (Å²) >= 11 is 5.84. The van der Waals surface area contributed by atoms with Gasteiger partial charge in [0.1, 0.15) is 0 Å². The molecule has 128 valence electrons. The molecule has 0 radical (unpaired) electrons. The zero-order valence-corrected chi connectivity index (χ0v) is 14.4. The maximum Gasteiger partial charge on any atom is 0.231 e. The first kappa shape index (κ1) is 16.9. The minimum Gasteiger partial charge on any atom is -0.339 e. The van der Waals surface area contributed by atoms with Gasteiger partial charge in [0, 0.05) is 30.2 Å². The third-order valence-electron chi connectivity index (χ3n) is 4.18. The molecular weight excluding hydrogens is 328 g/mol. The normalized spacial score (nSPS) is 18.5. The number of nitrogens with one attached hydrogen (secondary N) is 1. The van der Waals surface area contributed by atoms with Gasteiger partial charge in [-0.05, 0) is 50.6 Å². The van der Waals surface area contributed by atoms with Crippen molar-refractivity contribution in [3.05, 3.63) is 41.0 Å². The van der Waals surface area contributed by atoms with Gasteiger partial charge in [-0.3, -0.25) is 4.79 Å². The predicted octanol–water partition coefficient (Wildman–Crippen LogP) is 3.24. The SMILES string of the molecule is Cc1noc([C@@H]2CCCN(CCC(=O)Nc3ccc(Cl)cc3)C2)n1. The first-order valence-corrected chi connectivity index (χ1v) is 8.56. The number of anilines is 1. The lowest BCUT2D eigenvalue weighted by atomic mass is 9.98. The summed E-state index contributed by atoms with van der Waals surface area (Å²) in [4.78, 5) is 18.7. The summed E-state index contributed by atoms with van der Waals surface area (Å²) in [7, 11) is 0. The van der Waals surface area contributed by atoms with Crippen molar-refractivity contribution in [3.8, 4) is 0 Å². The quantitative estimate of drug-likeness (QED) is 0.898. The summed E-state index contributed by atoms with van der Waals surface area (Å²) in [6, 6.07) is 7.13. The van der Waals surface area contributed by atoms with E-state index in [1.165, 1.54) is 0 Å². The van der Waals surface area contributed by atoms with Crippen LogP contribution in [0.2, 0.25) is 5.02 Å². The molecule has 1 fully saturated rings. The van der Waals surface area contributed by atoms with Gasteiger partial charge in [-0.15, -0.1) is 0 Å². The van der Waals surface area contributed by atoms with Crippen molar-refractivity contribution in [2.75, 3.05) is 25.0 Å². The molecule has 1 aromatic heterocycles. The Morgan fingerprint density at radius 2 is 2.21 bits per heavy atom. The second-order valence-corrected chi connectivity index (χ2v) is 6.56. The average Bonchev–Trinajstić information content (AvgIpc) is 3.02. The number of carbonyl (C=O) groups is 1. The van der Waals surface area contributed by atoms with Gasteiger partial charge < -0.3 is 14.7 Å². The average molecular weight is 349 g/mol. The van der Waals surface area contributed by atoms with E-state index in [2.05, 4.69) is 20.4 Å². The van der Waals surface area contributed by atoms with Crippen LogP contribution in [0, 0.1) is 6.92 Å². The van der Waals surface area contributed by atoms with Crippen LogP contribution in [-0.2, 0) is 4.79 Å². The summed E-state index contributed by atoms with van der Waals surface area (Å²) in [6.07, 6.45) is 2.58. The van der Waals surface area contributed by atoms with E-state index in [9.17, 15) is 4.79 Å². The van der Waals surface area contributed by atoms with Crippen LogP contribution in [0.25, 0.3) is 0 Å². The van der Waals surface area contributed by atoms with E-state index in [0.29, 0.717) is 23.2 Å². The Labute approximate surface area is 146 Å². The standard InChI is InChI=1S/C17H21ClN4O2/c1-12-19-17(24-21-12)13-3-2-9-22(11-13)10-8-16(23)20-15-6-4-14(18)5-7-15/h4-7,13H,2-3,8-11H2,1H3,(H,20,23)/t13-/m1/s1. The maximum atomic E-state index is 12.1. The largest absolute Gasteiger partial charge is 0.339 e. The number of halogens is 1. The lowest BCUT2D eigenvalue weighted by molar-refractivity contribution is -0.116. The van der Waals surface area contributed by atoms with Crippen LogP contribution in [0.1, 0.15) is 36.9 Å². The molecular formula is C17H21ClN4O2. The van der Waals surface area contributed by atoms with Gasteiger partial charge in [0.15, 0.2) is 5.82 Å². The number of aromatic nitrogens is 2. The lowest BCUT2D eigenvalue weighted by Gasteiger charge is -2.30. The van der Waals surface area contributed by atoms with Gasteiger partial charge in [-0.1, -0.05) is 16.8 Å². The van der Waals surface area contributed by atoms with Gasteiger partial charge in [0.05, 0.1) is 5.92 Å². The molecule has 1 aromatic carbocycles. The fraction of sp³-hybridized carbons (Fsp3) is 0.471. The second-order valence-electron chi connectivity index (χ2n) is 6.12. The van der Waals surface area contributed by atoms with Crippen LogP contribution in [0.5, 0.6) is 0 Å². The molecule has 1 atom stereocenters. The molecule has 2 aromatic rings. The molecule has 1 aliphatic rings. The lowest BCUT2D eigenvalue weighted by Crippen LogP contribution is -2.36.